The molecule has 306 valence electrons. The lowest BCUT2D eigenvalue weighted by atomic mass is 9.91. The minimum atomic E-state index is 0.680. The molecule has 0 fully saturated rings. The molecule has 3 aromatic heterocycles. The lowest BCUT2D eigenvalue weighted by molar-refractivity contribution is 0.617. The Balaban J connectivity index is 1.10. The van der Waals surface area contributed by atoms with Crippen LogP contribution in [0.3, 0.4) is 0 Å². The van der Waals surface area contributed by atoms with Gasteiger partial charge < -0.3 is 4.42 Å². The molecule has 66 heavy (non-hydrogen) atoms. The maximum atomic E-state index is 6.04. The predicted molar refractivity (Wildman–Crippen MR) is 275 cm³/mol. The summed E-state index contributed by atoms with van der Waals surface area (Å²) in [5.74, 6) is 1.49. The van der Waals surface area contributed by atoms with Gasteiger partial charge in [-0.1, -0.05) is 176 Å². The summed E-state index contributed by atoms with van der Waals surface area (Å²) in [4.78, 5) is 11.0. The molecule has 14 rings (SSSR count). The van der Waals surface area contributed by atoms with Crippen molar-refractivity contribution in [2.75, 3.05) is 0 Å². The predicted octanol–water partition coefficient (Wildman–Crippen LogP) is 16.8. The Kier molecular flexibility index (Phi) is 7.95. The standard InChI is InChI=1S/C62H37N3O/c1-2-13-38(14-3-1)42-28-30-58-55(33-42)56-35-53-48-23-9-8-22-47(48)52-34-43(46-24-12-19-41-31-32-66-61(41)46)27-29-49(52)54(53)36-59(56)65(58)60-37-57(50-25-10-17-39-15-4-6-20-44(39)50)63-62(64-60)51-26-11-18-40-16-5-7-21-45(40)51/h1-37H. The molecule has 0 bridgehead atoms. The molecule has 0 aliphatic rings. The molecule has 0 atom stereocenters. The lowest BCUT2D eigenvalue weighted by Gasteiger charge is -2.15. The van der Waals surface area contributed by atoms with Crippen molar-refractivity contribution in [2.45, 2.75) is 0 Å². The van der Waals surface area contributed by atoms with Gasteiger partial charge in [0.25, 0.3) is 0 Å². The molecule has 11 aromatic carbocycles. The van der Waals surface area contributed by atoms with Gasteiger partial charge in [0.15, 0.2) is 5.82 Å². The highest BCUT2D eigenvalue weighted by molar-refractivity contribution is 6.29. The first kappa shape index (κ1) is 36.6. The Hall–Kier alpha value is -8.86. The smallest absolute Gasteiger partial charge is 0.162 e. The Morgan fingerprint density at radius 3 is 1.68 bits per heavy atom. The Bertz CT molecular complexity index is 4190. The van der Waals surface area contributed by atoms with Gasteiger partial charge in [-0.05, 0) is 107 Å². The van der Waals surface area contributed by atoms with Crippen LogP contribution in [0.1, 0.15) is 0 Å². The first-order chi connectivity index (χ1) is 32.7. The van der Waals surface area contributed by atoms with Gasteiger partial charge in [-0.25, -0.2) is 9.97 Å². The molecule has 0 spiro atoms. The molecule has 0 N–H and O–H groups in total. The van der Waals surface area contributed by atoms with Crippen molar-refractivity contribution >= 4 is 86.6 Å². The van der Waals surface area contributed by atoms with Gasteiger partial charge in [-0.3, -0.25) is 4.57 Å². The van der Waals surface area contributed by atoms with E-state index in [9.17, 15) is 0 Å². The third kappa shape index (κ3) is 5.58. The average molecular weight is 840 g/mol. The molecular weight excluding hydrogens is 803 g/mol. The van der Waals surface area contributed by atoms with Crippen molar-refractivity contribution in [3.05, 3.63) is 225 Å². The van der Waals surface area contributed by atoms with Crippen LogP contribution in [-0.2, 0) is 0 Å². The van der Waals surface area contributed by atoms with Crippen LogP contribution in [0.2, 0.25) is 0 Å². The minimum absolute atomic E-state index is 0.680. The number of aromatic nitrogens is 3. The Morgan fingerprint density at radius 2 is 0.894 bits per heavy atom. The summed E-state index contributed by atoms with van der Waals surface area (Å²) in [7, 11) is 0. The monoisotopic (exact) mass is 839 g/mol. The van der Waals surface area contributed by atoms with E-state index in [1.807, 2.05) is 6.07 Å². The third-order valence-corrected chi connectivity index (χ3v) is 13.7. The van der Waals surface area contributed by atoms with Gasteiger partial charge in [0.05, 0.1) is 23.0 Å². The van der Waals surface area contributed by atoms with E-state index in [1.54, 1.807) is 6.26 Å². The average Bonchev–Trinajstić information content (AvgIpc) is 4.00. The lowest BCUT2D eigenvalue weighted by Crippen LogP contribution is -2.03. The number of hydrogen-bond acceptors (Lipinski definition) is 3. The first-order valence-corrected chi connectivity index (χ1v) is 22.5. The van der Waals surface area contributed by atoms with E-state index >= 15 is 0 Å². The summed E-state index contributed by atoms with van der Waals surface area (Å²) in [6, 6.07) is 78.7. The second-order valence-electron chi connectivity index (χ2n) is 17.3. The number of furan rings is 1. The largest absolute Gasteiger partial charge is 0.464 e. The SMILES string of the molecule is c1ccc(-c2ccc3c(c2)c2cc4c5ccccc5c5cc(-c6cccc7ccoc67)ccc5c4cc2n3-c2cc(-c3cccc4ccccc34)nc(-c3cccc4ccccc34)n2)cc1. The van der Waals surface area contributed by atoms with Crippen molar-refractivity contribution in [3.63, 3.8) is 0 Å². The van der Waals surface area contributed by atoms with Gasteiger partial charge >= 0.3 is 0 Å². The van der Waals surface area contributed by atoms with E-state index < -0.39 is 0 Å². The zero-order chi connectivity index (χ0) is 43.3. The second-order valence-corrected chi connectivity index (χ2v) is 17.3. The molecule has 4 heteroatoms. The quantitative estimate of drug-likeness (QED) is 0.162. The van der Waals surface area contributed by atoms with Gasteiger partial charge in [-0.15, -0.1) is 0 Å². The van der Waals surface area contributed by atoms with E-state index in [-0.39, 0.29) is 0 Å². The van der Waals surface area contributed by atoms with Gasteiger partial charge in [0.1, 0.15) is 11.4 Å². The fraction of sp³-hybridized carbons (Fsp3) is 0. The number of benzene rings is 11. The zero-order valence-electron chi connectivity index (χ0n) is 35.6. The molecular formula is C62H37N3O. The molecule has 14 aromatic rings. The van der Waals surface area contributed by atoms with Crippen LogP contribution in [0.4, 0.5) is 0 Å². The molecule has 0 unspecified atom stereocenters. The summed E-state index contributed by atoms with van der Waals surface area (Å²) in [6.45, 7) is 0. The fourth-order valence-corrected chi connectivity index (χ4v) is 10.6. The van der Waals surface area contributed by atoms with E-state index in [1.165, 1.54) is 48.8 Å². The number of rotatable bonds is 5. The van der Waals surface area contributed by atoms with Crippen LogP contribution in [-0.4, -0.2) is 14.5 Å². The Labute approximate surface area is 379 Å². The topological polar surface area (TPSA) is 43.9 Å². The van der Waals surface area contributed by atoms with Gasteiger partial charge in [0, 0.05) is 38.9 Å². The van der Waals surface area contributed by atoms with Crippen molar-refractivity contribution in [1.29, 1.82) is 0 Å². The van der Waals surface area contributed by atoms with Crippen LogP contribution < -0.4 is 0 Å². The molecule has 4 nitrogen and oxygen atoms in total. The molecule has 0 radical (unpaired) electrons. The van der Waals surface area contributed by atoms with Crippen LogP contribution in [0.25, 0.3) is 137 Å². The van der Waals surface area contributed by atoms with Crippen molar-refractivity contribution in [1.82, 2.24) is 14.5 Å². The van der Waals surface area contributed by atoms with E-state index in [2.05, 4.69) is 217 Å². The van der Waals surface area contributed by atoms with E-state index in [4.69, 9.17) is 14.4 Å². The van der Waals surface area contributed by atoms with Gasteiger partial charge in [-0.2, -0.15) is 0 Å². The molecule has 0 aliphatic carbocycles. The van der Waals surface area contributed by atoms with Crippen LogP contribution in [0, 0.1) is 0 Å². The van der Waals surface area contributed by atoms with E-state index in [0.717, 1.165) is 82.7 Å². The van der Waals surface area contributed by atoms with Crippen molar-refractivity contribution < 1.29 is 4.42 Å². The molecule has 0 amide bonds. The summed E-state index contributed by atoms with van der Waals surface area (Å²) in [5, 5.41) is 15.2. The van der Waals surface area contributed by atoms with Crippen LogP contribution in [0.15, 0.2) is 229 Å². The number of fused-ring (bicyclic) bond motifs is 12. The maximum absolute atomic E-state index is 6.04. The number of nitrogens with zero attached hydrogens (tertiary/aromatic N) is 3. The highest BCUT2D eigenvalue weighted by Gasteiger charge is 2.21. The summed E-state index contributed by atoms with van der Waals surface area (Å²) < 4.78 is 8.42. The normalized spacial score (nSPS) is 11.9. The van der Waals surface area contributed by atoms with Crippen molar-refractivity contribution in [3.8, 4) is 50.7 Å². The highest BCUT2D eigenvalue weighted by Crippen LogP contribution is 2.44. The summed E-state index contributed by atoms with van der Waals surface area (Å²) in [6.07, 6.45) is 1.78. The van der Waals surface area contributed by atoms with Crippen LogP contribution in [0.5, 0.6) is 0 Å². The van der Waals surface area contributed by atoms with Gasteiger partial charge in [0.2, 0.25) is 0 Å². The first-order valence-electron chi connectivity index (χ1n) is 22.5. The third-order valence-electron chi connectivity index (χ3n) is 13.7. The fourth-order valence-electron chi connectivity index (χ4n) is 10.6. The number of para-hydroxylation sites is 1. The molecule has 0 saturated carbocycles. The molecule has 0 saturated heterocycles. The molecule has 3 heterocycles. The minimum Gasteiger partial charge on any atom is -0.464 e. The summed E-state index contributed by atoms with van der Waals surface area (Å²) >= 11 is 0. The van der Waals surface area contributed by atoms with Crippen molar-refractivity contribution in [2.24, 2.45) is 0 Å². The number of hydrogen-bond donors (Lipinski definition) is 0. The summed E-state index contributed by atoms with van der Waals surface area (Å²) in [5.41, 5.74) is 10.5. The maximum Gasteiger partial charge on any atom is 0.162 e. The van der Waals surface area contributed by atoms with Crippen LogP contribution >= 0.6 is 0 Å². The highest BCUT2D eigenvalue weighted by atomic mass is 16.3. The Morgan fingerprint density at radius 1 is 0.318 bits per heavy atom. The second kappa shape index (κ2) is 14.3. The molecule has 0 aliphatic heterocycles. The van der Waals surface area contributed by atoms with E-state index in [0.29, 0.717) is 5.82 Å². The zero-order valence-corrected chi connectivity index (χ0v) is 35.6.